The number of nitrogens with zero attached hydrogens (tertiary/aromatic N) is 1. The summed E-state index contributed by atoms with van der Waals surface area (Å²) >= 11 is 0. The van der Waals surface area contributed by atoms with E-state index < -0.39 is 37.4 Å². The van der Waals surface area contributed by atoms with E-state index in [1.165, 1.54) is 12.0 Å². The summed E-state index contributed by atoms with van der Waals surface area (Å²) in [7, 11) is -0.438. The number of amides is 1. The first-order chi connectivity index (χ1) is 10.3. The first-order valence-electron chi connectivity index (χ1n) is 7.60. The standard InChI is InChI=1S/C16H27NO5Si/c1-15(2,3)22-14(19)17-11-16(20,8-9-23(5,6)7)10-12(17)13(18)21-4/h12,20H,10-11H2,1-7H3/t12-,16?/m1/s1. The van der Waals surface area contributed by atoms with Crippen molar-refractivity contribution in [2.75, 3.05) is 13.7 Å². The molecular weight excluding hydrogens is 314 g/mol. The normalized spacial score (nSPS) is 24.7. The van der Waals surface area contributed by atoms with Gasteiger partial charge in [-0.15, -0.1) is 5.54 Å². The molecule has 1 N–H and O–H groups in total. The van der Waals surface area contributed by atoms with Gasteiger partial charge in [-0.3, -0.25) is 4.90 Å². The van der Waals surface area contributed by atoms with Crippen LogP contribution in [0.15, 0.2) is 0 Å². The van der Waals surface area contributed by atoms with Crippen molar-refractivity contribution in [3.63, 3.8) is 0 Å². The minimum atomic E-state index is -1.69. The average Bonchev–Trinajstić information content (AvgIpc) is 2.72. The van der Waals surface area contributed by atoms with E-state index in [1.54, 1.807) is 20.8 Å². The SMILES string of the molecule is COC(=O)[C@H]1CC(O)(C#C[Si](C)(C)C)CN1C(=O)OC(C)(C)C. The molecule has 0 aromatic rings. The van der Waals surface area contributed by atoms with Gasteiger partial charge in [0.2, 0.25) is 0 Å². The van der Waals surface area contributed by atoms with Gasteiger partial charge < -0.3 is 14.6 Å². The van der Waals surface area contributed by atoms with Gasteiger partial charge in [0, 0.05) is 6.42 Å². The van der Waals surface area contributed by atoms with Crippen molar-refractivity contribution in [2.45, 2.75) is 64.1 Å². The van der Waals surface area contributed by atoms with Crippen molar-refractivity contribution in [3.05, 3.63) is 0 Å². The number of carbonyl (C=O) groups is 2. The molecule has 0 radical (unpaired) electrons. The molecule has 1 rings (SSSR count). The lowest BCUT2D eigenvalue weighted by molar-refractivity contribution is -0.145. The monoisotopic (exact) mass is 341 g/mol. The highest BCUT2D eigenvalue weighted by molar-refractivity contribution is 6.83. The van der Waals surface area contributed by atoms with Crippen molar-refractivity contribution in [3.8, 4) is 11.5 Å². The Kier molecular flexibility index (Phi) is 5.55. The van der Waals surface area contributed by atoms with Gasteiger partial charge in [0.15, 0.2) is 0 Å². The van der Waals surface area contributed by atoms with Crippen LogP contribution in [-0.4, -0.2) is 61.0 Å². The van der Waals surface area contributed by atoms with Gasteiger partial charge in [0.05, 0.1) is 13.7 Å². The molecule has 1 unspecified atom stereocenters. The molecule has 0 aromatic carbocycles. The summed E-state index contributed by atoms with van der Waals surface area (Å²) in [6.45, 7) is 11.3. The number of esters is 1. The van der Waals surface area contributed by atoms with Gasteiger partial charge in [0.1, 0.15) is 25.3 Å². The predicted molar refractivity (Wildman–Crippen MR) is 89.4 cm³/mol. The second-order valence-corrected chi connectivity index (χ2v) is 12.6. The van der Waals surface area contributed by atoms with Crippen LogP contribution in [-0.2, 0) is 14.3 Å². The van der Waals surface area contributed by atoms with Crippen LogP contribution in [0.5, 0.6) is 0 Å². The Hall–Kier alpha value is -1.52. The molecule has 1 heterocycles. The lowest BCUT2D eigenvalue weighted by Crippen LogP contribution is -2.44. The number of rotatable bonds is 1. The third-order valence-electron chi connectivity index (χ3n) is 3.11. The smallest absolute Gasteiger partial charge is 0.411 e. The van der Waals surface area contributed by atoms with Crippen LogP contribution < -0.4 is 0 Å². The van der Waals surface area contributed by atoms with Gasteiger partial charge in [-0.2, -0.15) is 0 Å². The molecule has 0 saturated carbocycles. The fourth-order valence-electron chi connectivity index (χ4n) is 2.14. The average molecular weight is 341 g/mol. The molecule has 1 aliphatic heterocycles. The molecular formula is C16H27NO5Si. The van der Waals surface area contributed by atoms with E-state index >= 15 is 0 Å². The first kappa shape index (κ1) is 19.5. The summed E-state index contributed by atoms with van der Waals surface area (Å²) in [4.78, 5) is 25.5. The van der Waals surface area contributed by atoms with E-state index in [9.17, 15) is 14.7 Å². The molecule has 1 saturated heterocycles. The minimum Gasteiger partial charge on any atom is -0.467 e. The van der Waals surface area contributed by atoms with Crippen LogP contribution in [0.1, 0.15) is 27.2 Å². The highest BCUT2D eigenvalue weighted by Gasteiger charge is 2.49. The van der Waals surface area contributed by atoms with E-state index in [-0.39, 0.29) is 13.0 Å². The molecule has 0 spiro atoms. The lowest BCUT2D eigenvalue weighted by Gasteiger charge is -2.27. The number of hydrogen-bond donors (Lipinski definition) is 1. The number of carbonyl (C=O) groups excluding carboxylic acids is 2. The van der Waals surface area contributed by atoms with Crippen LogP contribution >= 0.6 is 0 Å². The third-order valence-corrected chi connectivity index (χ3v) is 3.99. The largest absolute Gasteiger partial charge is 0.467 e. The molecule has 2 atom stereocenters. The number of likely N-dealkylation sites (tertiary alicyclic amines) is 1. The maximum Gasteiger partial charge on any atom is 0.411 e. The van der Waals surface area contributed by atoms with Crippen LogP contribution in [0.2, 0.25) is 19.6 Å². The Morgan fingerprint density at radius 3 is 2.30 bits per heavy atom. The van der Waals surface area contributed by atoms with Crippen molar-refractivity contribution < 1.29 is 24.2 Å². The Morgan fingerprint density at radius 1 is 1.30 bits per heavy atom. The zero-order chi connectivity index (χ0) is 18.1. The fourth-order valence-corrected chi connectivity index (χ4v) is 2.75. The Morgan fingerprint density at radius 2 is 1.87 bits per heavy atom. The predicted octanol–water partition coefficient (Wildman–Crippen LogP) is 1.78. The van der Waals surface area contributed by atoms with Crippen LogP contribution in [0.25, 0.3) is 0 Å². The molecule has 130 valence electrons. The second kappa shape index (κ2) is 6.54. The maximum absolute atomic E-state index is 12.3. The summed E-state index contributed by atoms with van der Waals surface area (Å²) in [6, 6.07) is -0.893. The molecule has 0 aromatic heterocycles. The number of β-amino-alcohol motifs (C(OH)–C–C–N with tert-alkyl or cyclic N) is 1. The van der Waals surface area contributed by atoms with Gasteiger partial charge in [-0.25, -0.2) is 9.59 Å². The third kappa shape index (κ3) is 5.88. The molecule has 23 heavy (non-hydrogen) atoms. The summed E-state index contributed by atoms with van der Waals surface area (Å²) in [5.41, 5.74) is 0.985. The zero-order valence-corrected chi connectivity index (χ0v) is 16.0. The highest BCUT2D eigenvalue weighted by atomic mass is 28.3. The second-order valence-electron chi connectivity index (χ2n) is 7.88. The molecule has 0 bridgehead atoms. The van der Waals surface area contributed by atoms with E-state index in [0.717, 1.165) is 0 Å². The first-order valence-corrected chi connectivity index (χ1v) is 11.1. The quantitative estimate of drug-likeness (QED) is 0.447. The van der Waals surface area contributed by atoms with E-state index in [0.29, 0.717) is 0 Å². The summed E-state index contributed by atoms with van der Waals surface area (Å²) < 4.78 is 10.1. The van der Waals surface area contributed by atoms with Crippen LogP contribution in [0.3, 0.4) is 0 Å². The molecule has 7 heteroatoms. The number of methoxy groups -OCH3 is 1. The summed E-state index contributed by atoms with van der Waals surface area (Å²) in [6.07, 6.45) is -0.630. The van der Waals surface area contributed by atoms with E-state index in [4.69, 9.17) is 9.47 Å². The Bertz CT molecular complexity index is 537. The summed E-state index contributed by atoms with van der Waals surface area (Å²) in [5.74, 6) is 2.28. The topological polar surface area (TPSA) is 76.1 Å². The van der Waals surface area contributed by atoms with Gasteiger partial charge >= 0.3 is 12.1 Å². The Labute approximate surface area is 139 Å². The molecule has 1 aliphatic rings. The zero-order valence-electron chi connectivity index (χ0n) is 15.0. The molecule has 6 nitrogen and oxygen atoms in total. The summed E-state index contributed by atoms with van der Waals surface area (Å²) in [5, 5.41) is 10.7. The van der Waals surface area contributed by atoms with Crippen molar-refractivity contribution in [1.82, 2.24) is 4.90 Å². The van der Waals surface area contributed by atoms with E-state index in [1.807, 2.05) is 0 Å². The fraction of sp³-hybridized carbons (Fsp3) is 0.750. The van der Waals surface area contributed by atoms with Crippen LogP contribution in [0, 0.1) is 11.5 Å². The number of aliphatic hydroxyl groups is 1. The number of ether oxygens (including phenoxy) is 2. The van der Waals surface area contributed by atoms with Crippen molar-refractivity contribution in [1.29, 1.82) is 0 Å². The van der Waals surface area contributed by atoms with Gasteiger partial charge in [-0.05, 0) is 20.8 Å². The van der Waals surface area contributed by atoms with Crippen molar-refractivity contribution >= 4 is 20.1 Å². The van der Waals surface area contributed by atoms with Crippen molar-refractivity contribution in [2.24, 2.45) is 0 Å². The van der Waals surface area contributed by atoms with E-state index in [2.05, 4.69) is 31.1 Å². The molecule has 1 fully saturated rings. The molecule has 0 aliphatic carbocycles. The number of hydrogen-bond acceptors (Lipinski definition) is 5. The lowest BCUT2D eigenvalue weighted by atomic mass is 10.0. The highest BCUT2D eigenvalue weighted by Crippen LogP contribution is 2.29. The van der Waals surface area contributed by atoms with Gasteiger partial charge in [0.25, 0.3) is 0 Å². The molecule has 1 amide bonds. The van der Waals surface area contributed by atoms with Crippen LogP contribution in [0.4, 0.5) is 4.79 Å². The minimum absolute atomic E-state index is 0.0242. The Balaban J connectivity index is 3.05. The van der Waals surface area contributed by atoms with Gasteiger partial charge in [-0.1, -0.05) is 25.6 Å². The maximum atomic E-state index is 12.3.